The number of hydrogen-bond donors (Lipinski definition) is 2. The van der Waals surface area contributed by atoms with Crippen molar-refractivity contribution in [1.82, 2.24) is 15.5 Å². The fourth-order valence-electron chi connectivity index (χ4n) is 2.18. The first-order chi connectivity index (χ1) is 10.4. The van der Waals surface area contributed by atoms with Gasteiger partial charge in [0.1, 0.15) is 0 Å². The Balaban J connectivity index is 2.55. The molecular formula is C17H27N3O2. The zero-order valence-electron chi connectivity index (χ0n) is 14.0. The van der Waals surface area contributed by atoms with E-state index >= 15 is 0 Å². The molecule has 2 N–H and O–H groups in total. The van der Waals surface area contributed by atoms with Crippen molar-refractivity contribution in [2.75, 3.05) is 27.2 Å². The summed E-state index contributed by atoms with van der Waals surface area (Å²) < 4.78 is 0. The number of carbonyl (C=O) groups is 2. The minimum Gasteiger partial charge on any atom is -0.356 e. The third-order valence-corrected chi connectivity index (χ3v) is 3.35. The summed E-state index contributed by atoms with van der Waals surface area (Å²) in [5.41, 5.74) is 2.10. The van der Waals surface area contributed by atoms with Crippen LogP contribution >= 0.6 is 0 Å². The Morgan fingerprint density at radius 2 is 1.82 bits per heavy atom. The predicted molar refractivity (Wildman–Crippen MR) is 88.5 cm³/mol. The molecule has 0 spiro atoms. The Morgan fingerprint density at radius 3 is 2.36 bits per heavy atom. The minimum atomic E-state index is -0.285. The quantitative estimate of drug-likeness (QED) is 0.718. The number of benzene rings is 1. The van der Waals surface area contributed by atoms with Gasteiger partial charge in [0.25, 0.3) is 0 Å². The molecule has 0 saturated carbocycles. The molecule has 1 rings (SSSR count). The molecule has 1 atom stereocenters. The molecule has 1 unspecified atom stereocenters. The minimum absolute atomic E-state index is 0.0434. The Labute approximate surface area is 133 Å². The molecule has 22 heavy (non-hydrogen) atoms. The van der Waals surface area contributed by atoms with E-state index in [1.165, 1.54) is 6.92 Å². The highest BCUT2D eigenvalue weighted by Gasteiger charge is 2.16. The number of amides is 2. The molecule has 0 heterocycles. The number of hydrogen-bond acceptors (Lipinski definition) is 3. The number of rotatable bonds is 8. The summed E-state index contributed by atoms with van der Waals surface area (Å²) >= 11 is 0. The maximum Gasteiger partial charge on any atom is 0.222 e. The number of aryl methyl sites for hydroxylation is 1. The Hall–Kier alpha value is -1.88. The largest absolute Gasteiger partial charge is 0.356 e. The summed E-state index contributed by atoms with van der Waals surface area (Å²) in [6.45, 7) is 5.07. The molecular weight excluding hydrogens is 278 g/mol. The molecule has 1 aromatic carbocycles. The van der Waals surface area contributed by atoms with Gasteiger partial charge in [0.2, 0.25) is 11.8 Å². The zero-order chi connectivity index (χ0) is 16.5. The van der Waals surface area contributed by atoms with E-state index in [0.717, 1.165) is 24.1 Å². The molecule has 1 aromatic rings. The summed E-state index contributed by atoms with van der Waals surface area (Å²) in [4.78, 5) is 25.5. The van der Waals surface area contributed by atoms with Crippen LogP contribution in [0.1, 0.15) is 36.9 Å². The van der Waals surface area contributed by atoms with Crippen LogP contribution in [0.15, 0.2) is 24.3 Å². The smallest absolute Gasteiger partial charge is 0.222 e. The number of carbonyl (C=O) groups excluding carboxylic acids is 2. The van der Waals surface area contributed by atoms with Gasteiger partial charge in [0.05, 0.1) is 12.5 Å². The molecule has 0 radical (unpaired) electrons. The van der Waals surface area contributed by atoms with E-state index in [2.05, 4.69) is 15.5 Å². The SMILES string of the molecule is CC(=O)NC(CC(=O)NCCCN(C)C)c1ccc(C)cc1. The summed E-state index contributed by atoms with van der Waals surface area (Å²) in [6, 6.07) is 7.59. The van der Waals surface area contributed by atoms with Crippen LogP contribution < -0.4 is 10.6 Å². The number of nitrogens with one attached hydrogen (secondary N) is 2. The maximum absolute atomic E-state index is 12.0. The Kier molecular flexibility index (Phi) is 7.60. The molecule has 0 aliphatic rings. The van der Waals surface area contributed by atoms with Crippen LogP contribution in [-0.4, -0.2) is 43.9 Å². The number of nitrogens with zero attached hydrogens (tertiary/aromatic N) is 1. The molecule has 5 heteroatoms. The van der Waals surface area contributed by atoms with Gasteiger partial charge >= 0.3 is 0 Å². The van der Waals surface area contributed by atoms with E-state index < -0.39 is 0 Å². The highest BCUT2D eigenvalue weighted by Crippen LogP contribution is 2.17. The summed E-state index contributed by atoms with van der Waals surface area (Å²) in [6.07, 6.45) is 1.17. The van der Waals surface area contributed by atoms with E-state index in [-0.39, 0.29) is 24.3 Å². The highest BCUT2D eigenvalue weighted by molar-refractivity contribution is 5.79. The monoisotopic (exact) mass is 305 g/mol. The lowest BCUT2D eigenvalue weighted by Crippen LogP contribution is -2.33. The summed E-state index contributed by atoms with van der Waals surface area (Å²) in [5.74, 6) is -0.177. The average Bonchev–Trinajstić information content (AvgIpc) is 2.43. The van der Waals surface area contributed by atoms with Crippen LogP contribution in [0.25, 0.3) is 0 Å². The van der Waals surface area contributed by atoms with Crippen molar-refractivity contribution in [2.45, 2.75) is 32.7 Å². The topological polar surface area (TPSA) is 61.4 Å². The lowest BCUT2D eigenvalue weighted by Gasteiger charge is -2.18. The third kappa shape index (κ3) is 7.22. The molecule has 0 aliphatic carbocycles. The third-order valence-electron chi connectivity index (χ3n) is 3.35. The van der Waals surface area contributed by atoms with E-state index in [4.69, 9.17) is 0 Å². The average molecular weight is 305 g/mol. The molecule has 0 aliphatic heterocycles. The Bertz CT molecular complexity index is 483. The van der Waals surface area contributed by atoms with Gasteiger partial charge in [-0.2, -0.15) is 0 Å². The van der Waals surface area contributed by atoms with Gasteiger partial charge in [-0.25, -0.2) is 0 Å². The molecule has 2 amide bonds. The molecule has 122 valence electrons. The van der Waals surface area contributed by atoms with Crippen molar-refractivity contribution in [2.24, 2.45) is 0 Å². The van der Waals surface area contributed by atoms with Crippen LogP contribution in [0.2, 0.25) is 0 Å². The van der Waals surface area contributed by atoms with Gasteiger partial charge < -0.3 is 15.5 Å². The first kappa shape index (κ1) is 18.2. The molecule has 0 aromatic heterocycles. The molecule has 0 saturated heterocycles. The van der Waals surface area contributed by atoms with Crippen LogP contribution in [0.5, 0.6) is 0 Å². The first-order valence-electron chi connectivity index (χ1n) is 7.63. The Morgan fingerprint density at radius 1 is 1.18 bits per heavy atom. The van der Waals surface area contributed by atoms with Gasteiger partial charge in [0.15, 0.2) is 0 Å². The normalized spacial score (nSPS) is 12.0. The van der Waals surface area contributed by atoms with Crippen LogP contribution in [-0.2, 0) is 9.59 Å². The van der Waals surface area contributed by atoms with Crippen molar-refractivity contribution in [3.05, 3.63) is 35.4 Å². The fourth-order valence-corrected chi connectivity index (χ4v) is 2.18. The lowest BCUT2D eigenvalue weighted by molar-refractivity contribution is -0.122. The predicted octanol–water partition coefficient (Wildman–Crippen LogP) is 1.63. The molecule has 0 fully saturated rings. The maximum atomic E-state index is 12.0. The highest BCUT2D eigenvalue weighted by atomic mass is 16.2. The standard InChI is InChI=1S/C17H27N3O2/c1-13-6-8-15(9-7-13)16(19-14(2)21)12-17(22)18-10-5-11-20(3)4/h6-9,16H,5,10-12H2,1-4H3,(H,18,22)(H,19,21). The molecule has 5 nitrogen and oxygen atoms in total. The van der Waals surface area contributed by atoms with Gasteiger partial charge in [-0.05, 0) is 39.5 Å². The second-order valence-corrected chi connectivity index (χ2v) is 5.87. The van der Waals surface area contributed by atoms with Crippen molar-refractivity contribution in [1.29, 1.82) is 0 Å². The van der Waals surface area contributed by atoms with Crippen LogP contribution in [0, 0.1) is 6.92 Å². The van der Waals surface area contributed by atoms with E-state index in [1.807, 2.05) is 45.3 Å². The van der Waals surface area contributed by atoms with Crippen molar-refractivity contribution < 1.29 is 9.59 Å². The molecule has 0 bridgehead atoms. The van der Waals surface area contributed by atoms with Crippen molar-refractivity contribution >= 4 is 11.8 Å². The summed E-state index contributed by atoms with van der Waals surface area (Å²) in [7, 11) is 4.01. The second-order valence-electron chi connectivity index (χ2n) is 5.87. The first-order valence-corrected chi connectivity index (χ1v) is 7.63. The van der Waals surface area contributed by atoms with E-state index in [9.17, 15) is 9.59 Å². The second kappa shape index (κ2) is 9.20. The van der Waals surface area contributed by atoms with Gasteiger partial charge in [-0.3, -0.25) is 9.59 Å². The van der Waals surface area contributed by atoms with Gasteiger partial charge in [0, 0.05) is 13.5 Å². The summed E-state index contributed by atoms with van der Waals surface area (Å²) in [5, 5.41) is 5.75. The van der Waals surface area contributed by atoms with Crippen LogP contribution in [0.4, 0.5) is 0 Å². The van der Waals surface area contributed by atoms with Crippen LogP contribution in [0.3, 0.4) is 0 Å². The van der Waals surface area contributed by atoms with E-state index in [1.54, 1.807) is 0 Å². The van der Waals surface area contributed by atoms with E-state index in [0.29, 0.717) is 6.54 Å². The fraction of sp³-hybridized carbons (Fsp3) is 0.529. The van der Waals surface area contributed by atoms with Crippen molar-refractivity contribution in [3.8, 4) is 0 Å². The van der Waals surface area contributed by atoms with Gasteiger partial charge in [-0.1, -0.05) is 29.8 Å². The van der Waals surface area contributed by atoms with Gasteiger partial charge in [-0.15, -0.1) is 0 Å². The lowest BCUT2D eigenvalue weighted by atomic mass is 10.0. The van der Waals surface area contributed by atoms with Crippen molar-refractivity contribution in [3.63, 3.8) is 0 Å². The zero-order valence-corrected chi connectivity index (χ0v) is 14.0.